The van der Waals surface area contributed by atoms with Crippen molar-refractivity contribution in [2.24, 2.45) is 0 Å². The number of halogens is 2. The third kappa shape index (κ3) is 2.94. The first kappa shape index (κ1) is 10.4. The van der Waals surface area contributed by atoms with E-state index in [1.165, 1.54) is 12.1 Å². The smallest absolute Gasteiger partial charge is 0.123 e. The molecule has 3 heteroatoms. The van der Waals surface area contributed by atoms with E-state index in [-0.39, 0.29) is 12.4 Å². The van der Waals surface area contributed by atoms with Crippen LogP contribution < -0.4 is 0 Å². The summed E-state index contributed by atoms with van der Waals surface area (Å²) < 4.78 is 13.6. The first-order chi connectivity index (χ1) is 6.13. The zero-order chi connectivity index (χ0) is 9.84. The Bertz CT molecular complexity index is 334. The van der Waals surface area contributed by atoms with Gasteiger partial charge in [-0.05, 0) is 36.3 Å². The maximum Gasteiger partial charge on any atom is 0.123 e. The van der Waals surface area contributed by atoms with Crippen LogP contribution in [0.4, 0.5) is 4.39 Å². The highest BCUT2D eigenvalue weighted by molar-refractivity contribution is 9.10. The fourth-order valence-electron chi connectivity index (χ4n) is 0.936. The number of aliphatic hydroxyl groups is 1. The summed E-state index contributed by atoms with van der Waals surface area (Å²) in [5.41, 5.74) is 1.54. The first-order valence-electron chi connectivity index (χ1n) is 3.86. The summed E-state index contributed by atoms with van der Waals surface area (Å²) in [7, 11) is 0. The van der Waals surface area contributed by atoms with Crippen LogP contribution in [0.5, 0.6) is 0 Å². The highest BCUT2D eigenvalue weighted by Gasteiger charge is 1.98. The van der Waals surface area contributed by atoms with Crippen molar-refractivity contribution in [3.8, 4) is 0 Å². The Morgan fingerprint density at radius 2 is 2.31 bits per heavy atom. The second kappa shape index (κ2) is 4.53. The van der Waals surface area contributed by atoms with Crippen molar-refractivity contribution in [2.45, 2.75) is 6.92 Å². The van der Waals surface area contributed by atoms with E-state index in [0.29, 0.717) is 0 Å². The summed E-state index contributed by atoms with van der Waals surface area (Å²) >= 11 is 3.30. The molecule has 0 saturated heterocycles. The molecule has 1 N–H and O–H groups in total. The van der Waals surface area contributed by atoms with Crippen molar-refractivity contribution in [3.05, 3.63) is 39.6 Å². The number of benzene rings is 1. The maximum absolute atomic E-state index is 12.8. The molecule has 0 amide bonds. The van der Waals surface area contributed by atoms with Crippen LogP contribution in [-0.4, -0.2) is 11.7 Å². The van der Waals surface area contributed by atoms with E-state index in [1.54, 1.807) is 19.1 Å². The van der Waals surface area contributed by atoms with Crippen LogP contribution in [0, 0.1) is 5.82 Å². The molecule has 0 spiro atoms. The molecule has 0 aliphatic carbocycles. The zero-order valence-corrected chi connectivity index (χ0v) is 8.81. The minimum Gasteiger partial charge on any atom is -0.392 e. The second-order valence-corrected chi connectivity index (χ2v) is 3.67. The highest BCUT2D eigenvalue weighted by atomic mass is 79.9. The van der Waals surface area contributed by atoms with E-state index in [2.05, 4.69) is 15.9 Å². The van der Waals surface area contributed by atoms with Gasteiger partial charge in [0.2, 0.25) is 0 Å². The lowest BCUT2D eigenvalue weighted by molar-refractivity contribution is 0.332. The van der Waals surface area contributed by atoms with Gasteiger partial charge in [-0.1, -0.05) is 22.0 Å². The van der Waals surface area contributed by atoms with Crippen LogP contribution in [0.3, 0.4) is 0 Å². The molecule has 0 heterocycles. The molecule has 0 fully saturated rings. The lowest BCUT2D eigenvalue weighted by Crippen LogP contribution is -1.85. The molecule has 0 unspecified atom stereocenters. The average molecular weight is 245 g/mol. The van der Waals surface area contributed by atoms with Crippen molar-refractivity contribution in [2.75, 3.05) is 6.61 Å². The molecule has 1 aromatic carbocycles. The summed E-state index contributed by atoms with van der Waals surface area (Å²) in [6, 6.07) is 4.45. The van der Waals surface area contributed by atoms with Gasteiger partial charge in [0.05, 0.1) is 6.61 Å². The van der Waals surface area contributed by atoms with Gasteiger partial charge in [-0.25, -0.2) is 4.39 Å². The van der Waals surface area contributed by atoms with Gasteiger partial charge in [-0.15, -0.1) is 0 Å². The lowest BCUT2D eigenvalue weighted by Gasteiger charge is -2.00. The van der Waals surface area contributed by atoms with E-state index in [0.717, 1.165) is 15.6 Å². The van der Waals surface area contributed by atoms with Gasteiger partial charge < -0.3 is 5.11 Å². The molecular weight excluding hydrogens is 235 g/mol. The van der Waals surface area contributed by atoms with Gasteiger partial charge in [0.1, 0.15) is 5.82 Å². The highest BCUT2D eigenvalue weighted by Crippen LogP contribution is 2.20. The first-order valence-corrected chi connectivity index (χ1v) is 4.66. The summed E-state index contributed by atoms with van der Waals surface area (Å²) in [5, 5.41) is 8.78. The Kier molecular flexibility index (Phi) is 3.63. The van der Waals surface area contributed by atoms with E-state index >= 15 is 0 Å². The van der Waals surface area contributed by atoms with E-state index in [9.17, 15) is 4.39 Å². The van der Waals surface area contributed by atoms with Gasteiger partial charge >= 0.3 is 0 Å². The SMILES string of the molecule is C/C(=C/c1cc(F)ccc1Br)CO. The summed E-state index contributed by atoms with van der Waals surface area (Å²) in [4.78, 5) is 0. The largest absolute Gasteiger partial charge is 0.392 e. The number of hydrogen-bond donors (Lipinski definition) is 1. The molecule has 0 atom stereocenters. The second-order valence-electron chi connectivity index (χ2n) is 2.81. The molecule has 0 radical (unpaired) electrons. The van der Waals surface area contributed by atoms with E-state index in [1.807, 2.05) is 0 Å². The minimum absolute atomic E-state index is 0.0110. The molecule has 0 aliphatic heterocycles. The van der Waals surface area contributed by atoms with Crippen LogP contribution in [0.15, 0.2) is 28.2 Å². The van der Waals surface area contributed by atoms with E-state index < -0.39 is 0 Å². The summed E-state index contributed by atoms with van der Waals surface area (Å²) in [6.45, 7) is 1.78. The van der Waals surface area contributed by atoms with Crippen LogP contribution in [-0.2, 0) is 0 Å². The van der Waals surface area contributed by atoms with Crippen molar-refractivity contribution in [1.82, 2.24) is 0 Å². The maximum atomic E-state index is 12.8. The number of rotatable bonds is 2. The molecule has 1 rings (SSSR count). The Hall–Kier alpha value is -0.670. The van der Waals surface area contributed by atoms with E-state index in [4.69, 9.17) is 5.11 Å². The van der Waals surface area contributed by atoms with Crippen molar-refractivity contribution < 1.29 is 9.50 Å². The number of hydrogen-bond acceptors (Lipinski definition) is 1. The van der Waals surface area contributed by atoms with Gasteiger partial charge in [0.25, 0.3) is 0 Å². The Labute approximate surface area is 85.0 Å². The van der Waals surface area contributed by atoms with Gasteiger partial charge in [0.15, 0.2) is 0 Å². The lowest BCUT2D eigenvalue weighted by atomic mass is 10.1. The Morgan fingerprint density at radius 1 is 1.62 bits per heavy atom. The number of aliphatic hydroxyl groups excluding tert-OH is 1. The van der Waals surface area contributed by atoms with Crippen LogP contribution in [0.1, 0.15) is 12.5 Å². The normalized spacial score (nSPS) is 11.8. The fraction of sp³-hybridized carbons (Fsp3) is 0.200. The predicted octanol–water partition coefficient (Wildman–Crippen LogP) is 2.98. The molecule has 0 aliphatic rings. The molecule has 1 nitrogen and oxygen atoms in total. The van der Waals surface area contributed by atoms with Crippen molar-refractivity contribution in [1.29, 1.82) is 0 Å². The standard InChI is InChI=1S/C10H10BrFO/c1-7(6-13)4-8-5-9(12)2-3-10(8)11/h2-5,13H,6H2,1H3/b7-4-. The monoisotopic (exact) mass is 244 g/mol. The predicted molar refractivity (Wildman–Crippen MR) is 54.8 cm³/mol. The third-order valence-corrected chi connectivity index (χ3v) is 2.33. The topological polar surface area (TPSA) is 20.2 Å². The summed E-state index contributed by atoms with van der Waals surface area (Å²) in [5.74, 6) is -0.278. The zero-order valence-electron chi connectivity index (χ0n) is 7.22. The van der Waals surface area contributed by atoms with Gasteiger partial charge in [-0.2, -0.15) is 0 Å². The quantitative estimate of drug-likeness (QED) is 0.849. The molecule has 13 heavy (non-hydrogen) atoms. The fourth-order valence-corrected chi connectivity index (χ4v) is 1.30. The summed E-state index contributed by atoms with van der Waals surface area (Å²) in [6.07, 6.45) is 1.74. The minimum atomic E-state index is -0.278. The molecule has 0 bridgehead atoms. The van der Waals surface area contributed by atoms with Crippen LogP contribution >= 0.6 is 15.9 Å². The molecule has 1 aromatic rings. The van der Waals surface area contributed by atoms with Crippen LogP contribution in [0.25, 0.3) is 6.08 Å². The molecular formula is C10H10BrFO. The molecule has 70 valence electrons. The van der Waals surface area contributed by atoms with Gasteiger partial charge in [-0.3, -0.25) is 0 Å². The van der Waals surface area contributed by atoms with Crippen LogP contribution in [0.2, 0.25) is 0 Å². The van der Waals surface area contributed by atoms with Gasteiger partial charge in [0, 0.05) is 4.47 Å². The molecule has 0 saturated carbocycles. The van der Waals surface area contributed by atoms with Crippen molar-refractivity contribution >= 4 is 22.0 Å². The Morgan fingerprint density at radius 3 is 2.92 bits per heavy atom. The third-order valence-electron chi connectivity index (χ3n) is 1.61. The molecule has 0 aromatic heterocycles. The Balaban J connectivity index is 3.07. The van der Waals surface area contributed by atoms with Crippen molar-refractivity contribution in [3.63, 3.8) is 0 Å². The average Bonchev–Trinajstić information content (AvgIpc) is 2.11.